The van der Waals surface area contributed by atoms with Crippen LogP contribution in [0.1, 0.15) is 60.9 Å². The van der Waals surface area contributed by atoms with Crippen molar-refractivity contribution in [3.05, 3.63) is 65.7 Å². The summed E-state index contributed by atoms with van der Waals surface area (Å²) in [6.45, 7) is 2.01. The molecular weight excluding hydrogens is 428 g/mol. The van der Waals surface area contributed by atoms with Gasteiger partial charge in [-0.25, -0.2) is 0 Å². The van der Waals surface area contributed by atoms with Crippen molar-refractivity contribution < 1.29 is 19.7 Å². The maximum Gasteiger partial charge on any atom is 0.256 e. The van der Waals surface area contributed by atoms with Gasteiger partial charge in [-0.15, -0.1) is 0 Å². The Balaban J connectivity index is 1.67. The highest BCUT2D eigenvalue weighted by atomic mass is 16.5. The molecule has 0 saturated carbocycles. The minimum Gasteiger partial charge on any atom is -0.396 e. The Morgan fingerprint density at radius 3 is 2.41 bits per heavy atom. The lowest BCUT2D eigenvalue weighted by Gasteiger charge is -2.50. The molecule has 4 rings (SSSR count). The van der Waals surface area contributed by atoms with Gasteiger partial charge in [0.05, 0.1) is 22.8 Å². The van der Waals surface area contributed by atoms with Crippen molar-refractivity contribution in [2.45, 2.75) is 68.3 Å². The molecule has 34 heavy (non-hydrogen) atoms. The molecule has 184 valence electrons. The predicted octanol–water partition coefficient (Wildman–Crippen LogP) is 3.82. The molecule has 2 aliphatic heterocycles. The molecule has 1 amide bonds. The van der Waals surface area contributed by atoms with E-state index in [4.69, 9.17) is 4.74 Å². The molecule has 2 saturated heterocycles. The average molecular weight is 467 g/mol. The van der Waals surface area contributed by atoms with E-state index in [0.29, 0.717) is 31.2 Å². The number of aliphatic hydroxyl groups is 2. The topological polar surface area (TPSA) is 73.2 Å². The molecule has 2 fully saturated rings. The second kappa shape index (κ2) is 9.68. The first-order chi connectivity index (χ1) is 16.2. The number of aliphatic hydroxyl groups excluding tert-OH is 2. The van der Waals surface area contributed by atoms with E-state index >= 15 is 0 Å². The molecule has 6 nitrogen and oxygen atoms in total. The molecule has 2 heterocycles. The van der Waals surface area contributed by atoms with Crippen LogP contribution >= 0.6 is 0 Å². The van der Waals surface area contributed by atoms with E-state index in [1.165, 1.54) is 5.56 Å². The molecule has 2 bridgehead atoms. The summed E-state index contributed by atoms with van der Waals surface area (Å²) >= 11 is 0. The fourth-order valence-electron chi connectivity index (χ4n) is 6.13. The van der Waals surface area contributed by atoms with Gasteiger partial charge in [-0.05, 0) is 62.6 Å². The van der Waals surface area contributed by atoms with E-state index < -0.39 is 17.3 Å². The van der Waals surface area contributed by atoms with Crippen molar-refractivity contribution in [2.75, 3.05) is 32.6 Å². The summed E-state index contributed by atoms with van der Waals surface area (Å²) in [5.41, 5.74) is 1.35. The van der Waals surface area contributed by atoms with Crippen LogP contribution in [0.15, 0.2) is 54.6 Å². The van der Waals surface area contributed by atoms with Crippen molar-refractivity contribution in [1.29, 1.82) is 0 Å². The van der Waals surface area contributed by atoms with Crippen LogP contribution in [0.5, 0.6) is 0 Å². The van der Waals surface area contributed by atoms with E-state index in [9.17, 15) is 15.0 Å². The van der Waals surface area contributed by atoms with Gasteiger partial charge in [-0.3, -0.25) is 4.79 Å². The van der Waals surface area contributed by atoms with E-state index in [-0.39, 0.29) is 24.5 Å². The number of fused-ring (bicyclic) bond motifs is 2. The number of carbonyl (C=O) groups excluding carboxylic acids is 1. The largest absolute Gasteiger partial charge is 0.396 e. The average Bonchev–Trinajstić information content (AvgIpc) is 2.90. The molecule has 2 aromatic rings. The number of hydrogen-bond acceptors (Lipinski definition) is 5. The zero-order valence-electron chi connectivity index (χ0n) is 20.8. The SMILES string of the molecule is CN(C)c1ccccc1C(=O)N(C)[C@H]1CC[C@@]2(CCO)C[C@H](c3ccccc3)C[C@](C)(O2)[C@@H]1O. The number of benzene rings is 2. The van der Waals surface area contributed by atoms with E-state index in [0.717, 1.165) is 12.1 Å². The Labute approximate surface area is 203 Å². The van der Waals surface area contributed by atoms with Crippen LogP contribution in [0.3, 0.4) is 0 Å². The fourth-order valence-corrected chi connectivity index (χ4v) is 6.13. The number of anilines is 1. The lowest BCUT2D eigenvalue weighted by molar-refractivity contribution is -0.225. The van der Waals surface area contributed by atoms with Gasteiger partial charge in [0.25, 0.3) is 5.91 Å². The molecule has 0 unspecified atom stereocenters. The van der Waals surface area contributed by atoms with Crippen molar-refractivity contribution >= 4 is 11.6 Å². The second-order valence-corrected chi connectivity index (χ2v) is 10.5. The normalized spacial score (nSPS) is 30.9. The summed E-state index contributed by atoms with van der Waals surface area (Å²) in [5, 5.41) is 21.6. The van der Waals surface area contributed by atoms with Gasteiger partial charge >= 0.3 is 0 Å². The maximum absolute atomic E-state index is 13.6. The minimum absolute atomic E-state index is 0.0311. The quantitative estimate of drug-likeness (QED) is 0.677. The standard InChI is InChI=1S/C28H38N2O4/c1-27-18-21(20-10-6-5-7-11-20)19-28(34-27,16-17-31)15-14-24(25(27)32)30(4)26(33)22-12-8-9-13-23(22)29(2)3/h5-13,21,24-25,31-32H,14-19H2,1-4H3/t21-,24+,25-,27+,28-/m1/s1. The van der Waals surface area contributed by atoms with Crippen LogP contribution in [-0.2, 0) is 4.74 Å². The number of rotatable bonds is 6. The van der Waals surface area contributed by atoms with Crippen molar-refractivity contribution in [3.63, 3.8) is 0 Å². The van der Waals surface area contributed by atoms with Crippen molar-refractivity contribution in [3.8, 4) is 0 Å². The highest BCUT2D eigenvalue weighted by molar-refractivity contribution is 5.99. The summed E-state index contributed by atoms with van der Waals surface area (Å²) in [4.78, 5) is 17.3. The summed E-state index contributed by atoms with van der Waals surface area (Å²) in [6, 6.07) is 17.6. The van der Waals surface area contributed by atoms with E-state index in [1.54, 1.807) is 11.9 Å². The van der Waals surface area contributed by atoms with E-state index in [1.807, 2.05) is 68.4 Å². The molecule has 2 aliphatic rings. The zero-order chi connectivity index (χ0) is 24.5. The molecule has 2 aromatic carbocycles. The molecule has 6 heteroatoms. The Bertz CT molecular complexity index is 997. The fraction of sp³-hybridized carbons (Fsp3) is 0.536. The third kappa shape index (κ3) is 4.59. The van der Waals surface area contributed by atoms with Crippen molar-refractivity contribution in [2.24, 2.45) is 0 Å². The first kappa shape index (κ1) is 24.7. The van der Waals surface area contributed by atoms with Crippen LogP contribution in [-0.4, -0.2) is 72.1 Å². The number of likely N-dealkylation sites (N-methyl/N-ethyl adjacent to an activating group) is 1. The molecule has 5 atom stereocenters. The lowest BCUT2D eigenvalue weighted by Crippen LogP contribution is -2.58. The zero-order valence-corrected chi connectivity index (χ0v) is 20.8. The van der Waals surface area contributed by atoms with Gasteiger partial charge in [0.15, 0.2) is 0 Å². The predicted molar refractivity (Wildman–Crippen MR) is 134 cm³/mol. The Kier molecular flexibility index (Phi) is 7.04. The monoisotopic (exact) mass is 466 g/mol. The van der Waals surface area contributed by atoms with Crippen LogP contribution in [0, 0.1) is 0 Å². The highest BCUT2D eigenvalue weighted by Gasteiger charge is 2.55. The minimum atomic E-state index is -0.847. The lowest BCUT2D eigenvalue weighted by atomic mass is 9.73. The molecule has 0 aliphatic carbocycles. The number of nitrogens with zero attached hydrogens (tertiary/aromatic N) is 2. The number of hydrogen-bond donors (Lipinski definition) is 2. The highest BCUT2D eigenvalue weighted by Crippen LogP contribution is 2.51. The van der Waals surface area contributed by atoms with Crippen LogP contribution in [0.4, 0.5) is 5.69 Å². The van der Waals surface area contributed by atoms with Gasteiger partial charge in [0.2, 0.25) is 0 Å². The van der Waals surface area contributed by atoms with Crippen molar-refractivity contribution in [1.82, 2.24) is 4.90 Å². The van der Waals surface area contributed by atoms with Gasteiger partial charge < -0.3 is 24.7 Å². The van der Waals surface area contributed by atoms with Gasteiger partial charge in [-0.1, -0.05) is 42.5 Å². The molecular formula is C28H38N2O4. The summed E-state index contributed by atoms with van der Waals surface area (Å²) in [7, 11) is 5.63. The molecule has 0 aromatic heterocycles. The number of amides is 1. The second-order valence-electron chi connectivity index (χ2n) is 10.5. The Morgan fingerprint density at radius 1 is 1.06 bits per heavy atom. The van der Waals surface area contributed by atoms with Gasteiger partial charge in [0.1, 0.15) is 6.10 Å². The van der Waals surface area contributed by atoms with Crippen LogP contribution in [0.2, 0.25) is 0 Å². The summed E-state index contributed by atoms with van der Waals surface area (Å²) in [6.07, 6.45) is 2.43. The number of para-hydroxylation sites is 1. The Hall–Kier alpha value is -2.41. The first-order valence-electron chi connectivity index (χ1n) is 12.3. The molecule has 2 N–H and O–H groups in total. The third-order valence-electron chi connectivity index (χ3n) is 7.88. The van der Waals surface area contributed by atoms with Crippen LogP contribution in [0.25, 0.3) is 0 Å². The van der Waals surface area contributed by atoms with E-state index in [2.05, 4.69) is 12.1 Å². The molecule has 0 spiro atoms. The van der Waals surface area contributed by atoms with Gasteiger partial charge in [-0.2, -0.15) is 0 Å². The first-order valence-corrected chi connectivity index (χ1v) is 12.3. The summed E-state index contributed by atoms with van der Waals surface area (Å²) in [5.74, 6) is 0.111. The molecule has 0 radical (unpaired) electrons. The summed E-state index contributed by atoms with van der Waals surface area (Å²) < 4.78 is 6.70. The number of carbonyl (C=O) groups is 1. The van der Waals surface area contributed by atoms with Gasteiger partial charge in [0, 0.05) is 33.4 Å². The number of ether oxygens (including phenoxy) is 1. The third-order valence-corrected chi connectivity index (χ3v) is 7.88. The maximum atomic E-state index is 13.6. The Morgan fingerprint density at radius 2 is 1.74 bits per heavy atom. The smallest absolute Gasteiger partial charge is 0.256 e. The van der Waals surface area contributed by atoms with Crippen LogP contribution < -0.4 is 4.90 Å².